The number of hydrogen-bond donors (Lipinski definition) is 2. The fraction of sp³-hybridized carbons (Fsp3) is 0.294. The first-order valence-corrected chi connectivity index (χ1v) is 6.90. The second-order valence-corrected chi connectivity index (χ2v) is 4.79. The maximum absolute atomic E-state index is 10.6. The molecule has 0 aliphatic heterocycles. The molecule has 0 aromatic heterocycles. The van der Waals surface area contributed by atoms with Crippen LogP contribution in [0.15, 0.2) is 30.3 Å². The Morgan fingerprint density at radius 2 is 1.30 bits per heavy atom. The Morgan fingerprint density at radius 1 is 0.739 bits per heavy atom. The Balaban J connectivity index is 2.46. The summed E-state index contributed by atoms with van der Waals surface area (Å²) in [6, 6.07) is 8.03. The molecule has 6 nitrogen and oxygen atoms in total. The van der Waals surface area contributed by atoms with Crippen LogP contribution in [-0.2, 0) is 0 Å². The fourth-order valence-corrected chi connectivity index (χ4v) is 2.33. The molecule has 2 rings (SSSR count). The van der Waals surface area contributed by atoms with Crippen LogP contribution in [0.3, 0.4) is 0 Å². The standard InChI is InChI=1S/C17H20O6/c1-20-13-6-5-10(7-12(13)18)16(19)11-8-14(21-2)17(23-4)15(9-11)22-3/h5-9,16,18-19H,1-4H3/t16-/m0/s1. The third-order valence-corrected chi connectivity index (χ3v) is 3.52. The smallest absolute Gasteiger partial charge is 0.203 e. The van der Waals surface area contributed by atoms with E-state index < -0.39 is 6.10 Å². The number of benzene rings is 2. The highest BCUT2D eigenvalue weighted by Crippen LogP contribution is 2.41. The Morgan fingerprint density at radius 3 is 1.74 bits per heavy atom. The monoisotopic (exact) mass is 320 g/mol. The molecule has 0 aliphatic carbocycles. The molecule has 23 heavy (non-hydrogen) atoms. The first-order chi connectivity index (χ1) is 11.0. The van der Waals surface area contributed by atoms with Gasteiger partial charge >= 0.3 is 0 Å². The van der Waals surface area contributed by atoms with Crippen LogP contribution in [-0.4, -0.2) is 38.7 Å². The first-order valence-electron chi connectivity index (χ1n) is 6.90. The number of ether oxygens (including phenoxy) is 4. The number of hydrogen-bond acceptors (Lipinski definition) is 6. The van der Waals surface area contributed by atoms with Crippen molar-refractivity contribution >= 4 is 0 Å². The molecule has 2 aromatic rings. The van der Waals surface area contributed by atoms with E-state index in [2.05, 4.69) is 0 Å². The van der Waals surface area contributed by atoms with Crippen molar-refractivity contribution in [1.29, 1.82) is 0 Å². The van der Waals surface area contributed by atoms with Crippen LogP contribution in [0.1, 0.15) is 17.2 Å². The second kappa shape index (κ2) is 7.11. The zero-order valence-electron chi connectivity index (χ0n) is 13.5. The van der Waals surface area contributed by atoms with Crippen LogP contribution in [0.4, 0.5) is 0 Å². The molecule has 0 radical (unpaired) electrons. The summed E-state index contributed by atoms with van der Waals surface area (Å²) in [5.74, 6) is 1.63. The van der Waals surface area contributed by atoms with Crippen molar-refractivity contribution in [1.82, 2.24) is 0 Å². The second-order valence-electron chi connectivity index (χ2n) is 4.79. The molecule has 0 spiro atoms. The molecule has 0 saturated heterocycles. The average molecular weight is 320 g/mol. The molecule has 0 amide bonds. The van der Waals surface area contributed by atoms with E-state index in [1.54, 1.807) is 24.3 Å². The van der Waals surface area contributed by atoms with Gasteiger partial charge in [0.15, 0.2) is 23.0 Å². The third kappa shape index (κ3) is 3.27. The molecule has 124 valence electrons. The van der Waals surface area contributed by atoms with Crippen molar-refractivity contribution in [3.8, 4) is 28.7 Å². The Bertz CT molecular complexity index is 658. The lowest BCUT2D eigenvalue weighted by molar-refractivity contribution is 0.217. The minimum absolute atomic E-state index is 0.0449. The maximum atomic E-state index is 10.6. The SMILES string of the molecule is COc1ccc([C@H](O)c2cc(OC)c(OC)c(OC)c2)cc1O. The quantitative estimate of drug-likeness (QED) is 0.851. The summed E-state index contributed by atoms with van der Waals surface area (Å²) in [5, 5.41) is 20.4. The van der Waals surface area contributed by atoms with E-state index in [4.69, 9.17) is 18.9 Å². The number of methoxy groups -OCH3 is 4. The Hall–Kier alpha value is -2.60. The van der Waals surface area contributed by atoms with Crippen molar-refractivity contribution in [3.05, 3.63) is 41.5 Å². The van der Waals surface area contributed by atoms with Crippen LogP contribution in [0.2, 0.25) is 0 Å². The number of aromatic hydroxyl groups is 1. The van der Waals surface area contributed by atoms with E-state index in [1.165, 1.54) is 34.5 Å². The molecular formula is C17H20O6. The van der Waals surface area contributed by atoms with Gasteiger partial charge < -0.3 is 29.2 Å². The highest BCUT2D eigenvalue weighted by molar-refractivity contribution is 5.55. The van der Waals surface area contributed by atoms with E-state index in [-0.39, 0.29) is 5.75 Å². The van der Waals surface area contributed by atoms with Crippen molar-refractivity contribution in [2.45, 2.75) is 6.10 Å². The minimum Gasteiger partial charge on any atom is -0.504 e. The lowest BCUT2D eigenvalue weighted by atomic mass is 10.00. The lowest BCUT2D eigenvalue weighted by Gasteiger charge is -2.18. The van der Waals surface area contributed by atoms with Crippen LogP contribution >= 0.6 is 0 Å². The molecule has 0 fully saturated rings. The van der Waals surface area contributed by atoms with Crippen molar-refractivity contribution in [3.63, 3.8) is 0 Å². The largest absolute Gasteiger partial charge is 0.504 e. The first kappa shape index (κ1) is 16.8. The Kier molecular flexibility index (Phi) is 5.18. The van der Waals surface area contributed by atoms with Gasteiger partial charge in [-0.2, -0.15) is 0 Å². The predicted octanol–water partition coefficient (Wildman–Crippen LogP) is 2.51. The predicted molar refractivity (Wildman–Crippen MR) is 84.8 cm³/mol. The van der Waals surface area contributed by atoms with E-state index in [0.29, 0.717) is 34.1 Å². The topological polar surface area (TPSA) is 77.4 Å². The summed E-state index contributed by atoms with van der Waals surface area (Å²) in [6.45, 7) is 0. The molecule has 0 aliphatic rings. The number of rotatable bonds is 6. The van der Waals surface area contributed by atoms with Crippen LogP contribution in [0.25, 0.3) is 0 Å². The molecule has 0 bridgehead atoms. The molecule has 0 unspecified atom stereocenters. The zero-order valence-corrected chi connectivity index (χ0v) is 13.5. The molecule has 2 N–H and O–H groups in total. The molecule has 2 aromatic carbocycles. The van der Waals surface area contributed by atoms with Gasteiger partial charge in [0.2, 0.25) is 5.75 Å². The number of aliphatic hydroxyl groups is 1. The minimum atomic E-state index is -0.972. The summed E-state index contributed by atoms with van der Waals surface area (Å²) in [7, 11) is 5.99. The van der Waals surface area contributed by atoms with Gasteiger partial charge in [0.25, 0.3) is 0 Å². The van der Waals surface area contributed by atoms with Gasteiger partial charge in [-0.25, -0.2) is 0 Å². The van der Waals surface area contributed by atoms with Crippen molar-refractivity contribution < 1.29 is 29.2 Å². The van der Waals surface area contributed by atoms with E-state index in [0.717, 1.165) is 0 Å². The van der Waals surface area contributed by atoms with Gasteiger partial charge in [-0.15, -0.1) is 0 Å². The Labute approximate surface area is 134 Å². The van der Waals surface area contributed by atoms with Gasteiger partial charge in [0, 0.05) is 0 Å². The summed E-state index contributed by atoms with van der Waals surface area (Å²) in [6.07, 6.45) is -0.972. The summed E-state index contributed by atoms with van der Waals surface area (Å²) < 4.78 is 20.8. The third-order valence-electron chi connectivity index (χ3n) is 3.52. The van der Waals surface area contributed by atoms with Gasteiger partial charge in [-0.05, 0) is 35.4 Å². The van der Waals surface area contributed by atoms with Crippen molar-refractivity contribution in [2.24, 2.45) is 0 Å². The molecule has 0 heterocycles. The average Bonchev–Trinajstić information content (AvgIpc) is 2.59. The highest BCUT2D eigenvalue weighted by atomic mass is 16.5. The van der Waals surface area contributed by atoms with Gasteiger partial charge in [0.1, 0.15) is 6.10 Å². The highest BCUT2D eigenvalue weighted by Gasteiger charge is 2.19. The van der Waals surface area contributed by atoms with E-state index in [1.807, 2.05) is 0 Å². The normalized spacial score (nSPS) is 11.7. The summed E-state index contributed by atoms with van der Waals surface area (Å²) in [4.78, 5) is 0. The summed E-state index contributed by atoms with van der Waals surface area (Å²) >= 11 is 0. The van der Waals surface area contributed by atoms with Gasteiger partial charge in [0.05, 0.1) is 28.4 Å². The molecular weight excluding hydrogens is 300 g/mol. The van der Waals surface area contributed by atoms with Crippen molar-refractivity contribution in [2.75, 3.05) is 28.4 Å². The number of phenols is 1. The van der Waals surface area contributed by atoms with Gasteiger partial charge in [-0.1, -0.05) is 6.07 Å². The molecule has 0 saturated carbocycles. The summed E-state index contributed by atoms with van der Waals surface area (Å²) in [5.41, 5.74) is 1.06. The fourth-order valence-electron chi connectivity index (χ4n) is 2.33. The van der Waals surface area contributed by atoms with Gasteiger partial charge in [-0.3, -0.25) is 0 Å². The zero-order chi connectivity index (χ0) is 17.0. The number of aliphatic hydroxyl groups excluding tert-OH is 1. The van der Waals surface area contributed by atoms with E-state index >= 15 is 0 Å². The maximum Gasteiger partial charge on any atom is 0.203 e. The number of phenolic OH excluding ortho intramolecular Hbond substituents is 1. The molecule has 6 heteroatoms. The lowest BCUT2D eigenvalue weighted by Crippen LogP contribution is -2.03. The van der Waals surface area contributed by atoms with Crippen LogP contribution < -0.4 is 18.9 Å². The molecule has 1 atom stereocenters. The van der Waals surface area contributed by atoms with Crippen LogP contribution in [0, 0.1) is 0 Å². The van der Waals surface area contributed by atoms with Crippen LogP contribution in [0.5, 0.6) is 28.7 Å². The van der Waals surface area contributed by atoms with E-state index in [9.17, 15) is 10.2 Å².